The lowest BCUT2D eigenvalue weighted by Gasteiger charge is -2.16. The van der Waals surface area contributed by atoms with Crippen LogP contribution in [0.25, 0.3) is 0 Å². The van der Waals surface area contributed by atoms with Gasteiger partial charge in [-0.05, 0) is 25.2 Å². The third-order valence-electron chi connectivity index (χ3n) is 4.03. The number of nitrogens with one attached hydrogen (secondary N) is 1. The maximum Gasteiger partial charge on any atom is 0.220 e. The molecule has 0 aliphatic heterocycles. The van der Waals surface area contributed by atoms with Crippen molar-refractivity contribution in [1.82, 2.24) is 5.32 Å². The highest BCUT2D eigenvalue weighted by molar-refractivity contribution is 9.09. The fourth-order valence-corrected chi connectivity index (χ4v) is 3.71. The predicted molar refractivity (Wildman–Crippen MR) is 69.7 cm³/mol. The molecule has 2 nitrogen and oxygen atoms in total. The summed E-state index contributed by atoms with van der Waals surface area (Å²) >= 11 is 3.64. The van der Waals surface area contributed by atoms with Gasteiger partial charge in [0.25, 0.3) is 0 Å². The van der Waals surface area contributed by atoms with E-state index in [2.05, 4.69) is 21.2 Å². The van der Waals surface area contributed by atoms with E-state index < -0.39 is 0 Å². The standard InChI is InChI=1S/C13H22BrNO/c14-11-6-3-7-12(11)15-13(16)9-8-10-4-1-2-5-10/h10-12H,1-9H2,(H,15,16). The third kappa shape index (κ3) is 3.47. The molecule has 2 aliphatic rings. The largest absolute Gasteiger partial charge is 0.352 e. The first-order valence-corrected chi connectivity index (χ1v) is 7.60. The van der Waals surface area contributed by atoms with Crippen LogP contribution in [0.1, 0.15) is 57.8 Å². The first kappa shape index (κ1) is 12.4. The second kappa shape index (κ2) is 6.04. The minimum atomic E-state index is 0.267. The number of carbonyl (C=O) groups excluding carboxylic acids is 1. The molecule has 3 heteroatoms. The average Bonchev–Trinajstić information content (AvgIpc) is 2.88. The van der Waals surface area contributed by atoms with Crippen molar-refractivity contribution in [3.63, 3.8) is 0 Å². The highest BCUT2D eigenvalue weighted by atomic mass is 79.9. The van der Waals surface area contributed by atoms with Gasteiger partial charge in [-0.15, -0.1) is 0 Å². The Hall–Kier alpha value is -0.0500. The molecule has 2 saturated carbocycles. The van der Waals surface area contributed by atoms with E-state index in [1.54, 1.807) is 0 Å². The Balaban J connectivity index is 1.63. The van der Waals surface area contributed by atoms with Crippen molar-refractivity contribution in [2.75, 3.05) is 0 Å². The van der Waals surface area contributed by atoms with Crippen LogP contribution in [0.4, 0.5) is 0 Å². The molecule has 2 aliphatic carbocycles. The predicted octanol–water partition coefficient (Wildman–Crippen LogP) is 3.39. The van der Waals surface area contributed by atoms with Crippen molar-refractivity contribution in [1.29, 1.82) is 0 Å². The van der Waals surface area contributed by atoms with Crippen molar-refractivity contribution in [3.05, 3.63) is 0 Å². The lowest BCUT2D eigenvalue weighted by atomic mass is 10.0. The fraction of sp³-hybridized carbons (Fsp3) is 0.923. The molecule has 0 saturated heterocycles. The third-order valence-corrected chi connectivity index (χ3v) is 5.13. The normalized spacial score (nSPS) is 30.8. The van der Waals surface area contributed by atoms with Gasteiger partial charge in [0.15, 0.2) is 0 Å². The molecule has 0 aromatic carbocycles. The second-order valence-corrected chi connectivity index (χ2v) is 6.49. The molecule has 1 amide bonds. The van der Waals surface area contributed by atoms with Crippen LogP contribution < -0.4 is 5.32 Å². The van der Waals surface area contributed by atoms with E-state index >= 15 is 0 Å². The van der Waals surface area contributed by atoms with Crippen LogP contribution in [0.3, 0.4) is 0 Å². The summed E-state index contributed by atoms with van der Waals surface area (Å²) in [6.07, 6.45) is 10.9. The van der Waals surface area contributed by atoms with Crippen LogP contribution in [0.2, 0.25) is 0 Å². The van der Waals surface area contributed by atoms with Crippen molar-refractivity contribution in [2.24, 2.45) is 5.92 Å². The van der Waals surface area contributed by atoms with E-state index in [1.807, 2.05) is 0 Å². The Bertz CT molecular complexity index is 238. The van der Waals surface area contributed by atoms with Crippen molar-refractivity contribution in [2.45, 2.75) is 68.7 Å². The molecule has 0 spiro atoms. The van der Waals surface area contributed by atoms with Crippen LogP contribution in [0.5, 0.6) is 0 Å². The number of rotatable bonds is 4. The van der Waals surface area contributed by atoms with Crippen molar-refractivity contribution in [3.8, 4) is 0 Å². The summed E-state index contributed by atoms with van der Waals surface area (Å²) in [5.74, 6) is 1.09. The lowest BCUT2D eigenvalue weighted by molar-refractivity contribution is -0.122. The molecule has 16 heavy (non-hydrogen) atoms. The van der Waals surface area contributed by atoms with E-state index in [9.17, 15) is 4.79 Å². The molecule has 2 fully saturated rings. The highest BCUT2D eigenvalue weighted by Crippen LogP contribution is 2.29. The summed E-state index contributed by atoms with van der Waals surface area (Å²) < 4.78 is 0. The Kier molecular flexibility index (Phi) is 4.68. The first-order valence-electron chi connectivity index (χ1n) is 6.69. The molecule has 0 bridgehead atoms. The maximum absolute atomic E-state index is 11.8. The molecule has 0 aromatic rings. The maximum atomic E-state index is 11.8. The van der Waals surface area contributed by atoms with E-state index in [-0.39, 0.29) is 5.91 Å². The number of hydrogen-bond acceptors (Lipinski definition) is 1. The van der Waals surface area contributed by atoms with Gasteiger partial charge in [0.05, 0.1) is 0 Å². The van der Waals surface area contributed by atoms with Crippen LogP contribution >= 0.6 is 15.9 Å². The number of carbonyl (C=O) groups is 1. The topological polar surface area (TPSA) is 29.1 Å². The fourth-order valence-electron chi connectivity index (χ4n) is 2.99. The summed E-state index contributed by atoms with van der Waals surface area (Å²) in [5, 5.41) is 3.17. The van der Waals surface area contributed by atoms with Gasteiger partial charge in [0.2, 0.25) is 5.91 Å². The summed E-state index contributed by atoms with van der Waals surface area (Å²) in [4.78, 5) is 12.3. The number of halogens is 1. The van der Waals surface area contributed by atoms with Gasteiger partial charge in [0.1, 0.15) is 0 Å². The summed E-state index contributed by atoms with van der Waals surface area (Å²) in [7, 11) is 0. The van der Waals surface area contributed by atoms with Crippen LogP contribution in [-0.4, -0.2) is 16.8 Å². The van der Waals surface area contributed by atoms with Gasteiger partial charge in [0, 0.05) is 17.3 Å². The second-order valence-electron chi connectivity index (χ2n) is 5.31. The monoisotopic (exact) mass is 287 g/mol. The summed E-state index contributed by atoms with van der Waals surface area (Å²) in [6, 6.07) is 0.385. The Morgan fingerprint density at radius 2 is 1.88 bits per heavy atom. The molecule has 2 atom stereocenters. The van der Waals surface area contributed by atoms with E-state index in [4.69, 9.17) is 0 Å². The van der Waals surface area contributed by atoms with E-state index in [1.165, 1.54) is 38.5 Å². The van der Waals surface area contributed by atoms with E-state index in [0.717, 1.165) is 25.2 Å². The summed E-state index contributed by atoms with van der Waals surface area (Å²) in [5.41, 5.74) is 0. The molecule has 0 heterocycles. The highest BCUT2D eigenvalue weighted by Gasteiger charge is 2.26. The lowest BCUT2D eigenvalue weighted by Crippen LogP contribution is -2.37. The minimum absolute atomic E-state index is 0.267. The average molecular weight is 288 g/mol. The molecular weight excluding hydrogens is 266 g/mol. The smallest absolute Gasteiger partial charge is 0.220 e. The number of amides is 1. The van der Waals surface area contributed by atoms with Gasteiger partial charge in [-0.1, -0.05) is 48.0 Å². The Morgan fingerprint density at radius 3 is 2.50 bits per heavy atom. The van der Waals surface area contributed by atoms with Gasteiger partial charge < -0.3 is 5.32 Å². The quantitative estimate of drug-likeness (QED) is 0.789. The van der Waals surface area contributed by atoms with Gasteiger partial charge >= 0.3 is 0 Å². The van der Waals surface area contributed by atoms with Gasteiger partial charge in [-0.25, -0.2) is 0 Å². The van der Waals surface area contributed by atoms with Gasteiger partial charge in [-0.2, -0.15) is 0 Å². The van der Waals surface area contributed by atoms with Crippen molar-refractivity contribution >= 4 is 21.8 Å². The first-order chi connectivity index (χ1) is 7.75. The van der Waals surface area contributed by atoms with Crippen LogP contribution in [0, 0.1) is 5.92 Å². The Labute approximate surface area is 107 Å². The molecule has 1 N–H and O–H groups in total. The molecule has 2 unspecified atom stereocenters. The minimum Gasteiger partial charge on any atom is -0.352 e. The molecular formula is C13H22BrNO. The molecule has 0 radical (unpaired) electrons. The molecule has 0 aromatic heterocycles. The van der Waals surface area contributed by atoms with E-state index in [0.29, 0.717) is 10.9 Å². The number of alkyl halides is 1. The zero-order valence-electron chi connectivity index (χ0n) is 9.88. The molecule has 92 valence electrons. The van der Waals surface area contributed by atoms with Crippen LogP contribution in [-0.2, 0) is 4.79 Å². The Morgan fingerprint density at radius 1 is 1.12 bits per heavy atom. The SMILES string of the molecule is O=C(CCC1CCCC1)NC1CCCC1Br. The van der Waals surface area contributed by atoms with Crippen molar-refractivity contribution < 1.29 is 4.79 Å². The number of hydrogen-bond donors (Lipinski definition) is 1. The van der Waals surface area contributed by atoms with Gasteiger partial charge in [-0.3, -0.25) is 4.79 Å². The molecule has 2 rings (SSSR count). The zero-order chi connectivity index (χ0) is 11.4. The van der Waals surface area contributed by atoms with Crippen LogP contribution in [0.15, 0.2) is 0 Å². The zero-order valence-corrected chi connectivity index (χ0v) is 11.5. The summed E-state index contributed by atoms with van der Waals surface area (Å²) in [6.45, 7) is 0.